The average molecular weight is 227 g/mol. The predicted octanol–water partition coefficient (Wildman–Crippen LogP) is 2.22. The van der Waals surface area contributed by atoms with Gasteiger partial charge in [0, 0.05) is 0 Å². The third-order valence-corrected chi connectivity index (χ3v) is 3.25. The lowest BCUT2D eigenvalue weighted by Gasteiger charge is -2.46. The number of amides is 1. The van der Waals surface area contributed by atoms with Gasteiger partial charge in [-0.1, -0.05) is 0 Å². The molecule has 4 heteroatoms. The van der Waals surface area contributed by atoms with E-state index in [9.17, 15) is 4.79 Å². The van der Waals surface area contributed by atoms with Crippen LogP contribution in [0.5, 0.6) is 0 Å². The normalized spacial score (nSPS) is 33.6. The molecule has 0 aromatic carbocycles. The quantitative estimate of drug-likeness (QED) is 0.747. The molecular weight excluding hydrogens is 206 g/mol. The second-order valence-electron chi connectivity index (χ2n) is 5.92. The largest absolute Gasteiger partial charge is 0.444 e. The van der Waals surface area contributed by atoms with Gasteiger partial charge in [0.25, 0.3) is 0 Å². The summed E-state index contributed by atoms with van der Waals surface area (Å²) in [6.07, 6.45) is 4.22. The van der Waals surface area contributed by atoms with Crippen molar-refractivity contribution >= 4 is 6.09 Å². The lowest BCUT2D eigenvalue weighted by Crippen LogP contribution is -2.59. The van der Waals surface area contributed by atoms with Crippen molar-refractivity contribution in [1.82, 2.24) is 5.32 Å². The Morgan fingerprint density at radius 1 is 1.38 bits per heavy atom. The van der Waals surface area contributed by atoms with Crippen molar-refractivity contribution in [3.8, 4) is 0 Å². The molecule has 2 aliphatic heterocycles. The molecule has 1 amide bonds. The predicted molar refractivity (Wildman–Crippen MR) is 60.3 cm³/mol. The smallest absolute Gasteiger partial charge is 0.408 e. The second kappa shape index (κ2) is 3.91. The molecule has 16 heavy (non-hydrogen) atoms. The number of alkyl carbamates (subject to hydrolysis) is 1. The fourth-order valence-electron chi connectivity index (χ4n) is 2.41. The topological polar surface area (TPSA) is 47.6 Å². The highest BCUT2D eigenvalue weighted by molar-refractivity contribution is 5.68. The van der Waals surface area contributed by atoms with Gasteiger partial charge >= 0.3 is 6.09 Å². The van der Waals surface area contributed by atoms with Crippen LogP contribution in [0.25, 0.3) is 0 Å². The number of hydrogen-bond acceptors (Lipinski definition) is 3. The van der Waals surface area contributed by atoms with Gasteiger partial charge in [-0.15, -0.1) is 0 Å². The molecule has 0 aromatic rings. The van der Waals surface area contributed by atoms with E-state index >= 15 is 0 Å². The SMILES string of the molecule is CC(C)(C)OC(=O)NC12CCC(CC1)OC2. The molecule has 2 saturated heterocycles. The first-order valence-electron chi connectivity index (χ1n) is 6.01. The van der Waals surface area contributed by atoms with E-state index in [0.717, 1.165) is 25.7 Å². The lowest BCUT2D eigenvalue weighted by molar-refractivity contribution is -0.0883. The van der Waals surface area contributed by atoms with Crippen molar-refractivity contribution in [2.24, 2.45) is 0 Å². The van der Waals surface area contributed by atoms with Crippen LogP contribution in [-0.4, -0.2) is 29.9 Å². The number of carbonyl (C=O) groups is 1. The van der Waals surface area contributed by atoms with Crippen LogP contribution in [0.1, 0.15) is 46.5 Å². The average Bonchev–Trinajstić information content (AvgIpc) is 2.16. The van der Waals surface area contributed by atoms with Gasteiger partial charge in [-0.2, -0.15) is 0 Å². The zero-order valence-corrected chi connectivity index (χ0v) is 10.3. The van der Waals surface area contributed by atoms with Crippen molar-refractivity contribution in [1.29, 1.82) is 0 Å². The molecule has 3 aliphatic rings. The zero-order chi connectivity index (χ0) is 11.8. The van der Waals surface area contributed by atoms with Gasteiger partial charge in [0.2, 0.25) is 0 Å². The van der Waals surface area contributed by atoms with E-state index in [1.165, 1.54) is 0 Å². The first-order valence-corrected chi connectivity index (χ1v) is 6.01. The van der Waals surface area contributed by atoms with Crippen molar-refractivity contribution in [3.05, 3.63) is 0 Å². The van der Waals surface area contributed by atoms with Gasteiger partial charge in [0.1, 0.15) is 5.60 Å². The minimum atomic E-state index is -0.437. The molecule has 92 valence electrons. The van der Waals surface area contributed by atoms with Crippen molar-refractivity contribution in [2.45, 2.75) is 63.7 Å². The Kier molecular flexibility index (Phi) is 2.86. The Morgan fingerprint density at radius 2 is 2.00 bits per heavy atom. The van der Waals surface area contributed by atoms with Crippen molar-refractivity contribution in [3.63, 3.8) is 0 Å². The number of ether oxygens (including phenoxy) is 2. The Morgan fingerprint density at radius 3 is 2.44 bits per heavy atom. The highest BCUT2D eigenvalue weighted by Crippen LogP contribution is 2.36. The van der Waals surface area contributed by atoms with Gasteiger partial charge in [0.05, 0.1) is 18.2 Å². The van der Waals surface area contributed by atoms with Gasteiger partial charge < -0.3 is 14.8 Å². The molecule has 0 spiro atoms. The summed E-state index contributed by atoms with van der Waals surface area (Å²) >= 11 is 0. The number of carbonyl (C=O) groups excluding carboxylic acids is 1. The molecule has 2 heterocycles. The van der Waals surface area contributed by atoms with E-state index in [-0.39, 0.29) is 11.6 Å². The third-order valence-electron chi connectivity index (χ3n) is 3.25. The molecule has 3 fully saturated rings. The molecule has 1 N–H and O–H groups in total. The van der Waals surface area contributed by atoms with Crippen LogP contribution < -0.4 is 5.32 Å². The van der Waals surface area contributed by atoms with Crippen LogP contribution in [0.2, 0.25) is 0 Å². The lowest BCUT2D eigenvalue weighted by atomic mass is 9.78. The second-order valence-corrected chi connectivity index (χ2v) is 5.92. The van der Waals surface area contributed by atoms with Crippen LogP contribution in [0, 0.1) is 0 Å². The first-order chi connectivity index (χ1) is 7.39. The summed E-state index contributed by atoms with van der Waals surface area (Å²) in [5.41, 5.74) is -0.607. The van der Waals surface area contributed by atoms with Gasteiger partial charge in [0.15, 0.2) is 0 Å². The zero-order valence-electron chi connectivity index (χ0n) is 10.3. The Bertz CT molecular complexity index is 261. The fraction of sp³-hybridized carbons (Fsp3) is 0.917. The highest BCUT2D eigenvalue weighted by atomic mass is 16.6. The van der Waals surface area contributed by atoms with Crippen molar-refractivity contribution < 1.29 is 14.3 Å². The van der Waals surface area contributed by atoms with Gasteiger partial charge in [-0.3, -0.25) is 0 Å². The van der Waals surface area contributed by atoms with Gasteiger partial charge in [-0.05, 0) is 46.5 Å². The summed E-state index contributed by atoms with van der Waals surface area (Å²) in [6, 6.07) is 0. The maximum absolute atomic E-state index is 11.7. The van der Waals surface area contributed by atoms with Crippen LogP contribution in [-0.2, 0) is 9.47 Å². The molecule has 4 nitrogen and oxygen atoms in total. The molecule has 1 saturated carbocycles. The Hall–Kier alpha value is -0.770. The number of fused-ring (bicyclic) bond motifs is 3. The molecule has 3 rings (SSSR count). The van der Waals surface area contributed by atoms with E-state index in [2.05, 4.69) is 5.32 Å². The minimum absolute atomic E-state index is 0.170. The summed E-state index contributed by atoms with van der Waals surface area (Å²) in [7, 11) is 0. The summed E-state index contributed by atoms with van der Waals surface area (Å²) in [5.74, 6) is 0. The van der Waals surface area contributed by atoms with Crippen LogP contribution in [0.15, 0.2) is 0 Å². The number of hydrogen-bond donors (Lipinski definition) is 1. The van der Waals surface area contributed by atoms with Crippen LogP contribution in [0.3, 0.4) is 0 Å². The Labute approximate surface area is 96.7 Å². The summed E-state index contributed by atoms with van der Waals surface area (Å²) < 4.78 is 10.9. The minimum Gasteiger partial charge on any atom is -0.444 e. The Balaban J connectivity index is 1.91. The maximum atomic E-state index is 11.7. The summed E-state index contributed by atoms with van der Waals surface area (Å²) in [4.78, 5) is 11.7. The third kappa shape index (κ3) is 2.67. The molecule has 0 unspecified atom stereocenters. The molecule has 2 bridgehead atoms. The molecule has 0 aromatic heterocycles. The maximum Gasteiger partial charge on any atom is 0.408 e. The van der Waals surface area contributed by atoms with Crippen LogP contribution in [0.4, 0.5) is 4.79 Å². The molecule has 1 aliphatic carbocycles. The molecule has 0 atom stereocenters. The molecular formula is C12H21NO3. The monoisotopic (exact) mass is 227 g/mol. The number of rotatable bonds is 1. The van der Waals surface area contributed by atoms with E-state index in [1.54, 1.807) is 0 Å². The summed E-state index contributed by atoms with van der Waals surface area (Å²) in [5, 5.41) is 2.99. The van der Waals surface area contributed by atoms with E-state index in [4.69, 9.17) is 9.47 Å². The molecule has 0 radical (unpaired) electrons. The number of nitrogens with one attached hydrogen (secondary N) is 1. The summed E-state index contributed by atoms with van der Waals surface area (Å²) in [6.45, 7) is 6.26. The van der Waals surface area contributed by atoms with E-state index in [1.807, 2.05) is 20.8 Å². The standard InChI is InChI=1S/C12H21NO3/c1-11(2,3)16-10(14)13-12-6-4-9(5-7-12)15-8-12/h9H,4-8H2,1-3H3,(H,13,14). The first kappa shape index (κ1) is 11.7. The van der Waals surface area contributed by atoms with Crippen molar-refractivity contribution in [2.75, 3.05) is 6.61 Å². The van der Waals surface area contributed by atoms with Gasteiger partial charge in [-0.25, -0.2) is 4.79 Å². The fourth-order valence-corrected chi connectivity index (χ4v) is 2.41. The highest BCUT2D eigenvalue weighted by Gasteiger charge is 2.43. The van der Waals surface area contributed by atoms with Crippen LogP contribution >= 0.6 is 0 Å². The van der Waals surface area contributed by atoms with E-state index in [0.29, 0.717) is 12.7 Å². The van der Waals surface area contributed by atoms with E-state index < -0.39 is 5.60 Å².